The second-order valence-corrected chi connectivity index (χ2v) is 28.5. The highest BCUT2D eigenvalue weighted by atomic mass is 32.2. The predicted octanol–water partition coefficient (Wildman–Crippen LogP) is 16.6. The first-order valence-electron chi connectivity index (χ1n) is 37.5. The zero-order chi connectivity index (χ0) is 87.4. The van der Waals surface area contributed by atoms with E-state index in [0.717, 1.165) is 76.7 Å². The number of hydrogen-bond acceptors (Lipinski definition) is 18. The summed E-state index contributed by atoms with van der Waals surface area (Å²) in [5.41, 5.74) is 11.5. The molecule has 9 heterocycles. The van der Waals surface area contributed by atoms with Crippen molar-refractivity contribution < 1.29 is 59.7 Å². The van der Waals surface area contributed by atoms with Crippen LogP contribution in [0.1, 0.15) is 31.1 Å². The highest BCUT2D eigenvalue weighted by Gasteiger charge is 2.25. The van der Waals surface area contributed by atoms with Gasteiger partial charge in [-0.1, -0.05) is 0 Å². The average Bonchev–Trinajstić information content (AvgIpc) is 1.78. The van der Waals surface area contributed by atoms with Crippen molar-refractivity contribution in [1.82, 2.24) is 73.6 Å². The van der Waals surface area contributed by atoms with Crippen LogP contribution in [0.15, 0.2) is 275 Å². The van der Waals surface area contributed by atoms with E-state index < -0.39 is 69.3 Å². The maximum atomic E-state index is 15.3. The topological polar surface area (TPSA) is 356 Å². The number of H-pyrrole nitrogens is 3. The number of rotatable bonds is 20. The number of nitrogen functional groups attached to an aromatic ring is 1. The lowest BCUT2D eigenvalue weighted by Crippen LogP contribution is -2.29. The van der Waals surface area contributed by atoms with Gasteiger partial charge >= 0.3 is 0 Å². The third kappa shape index (κ3) is 17.1. The largest absolute Gasteiger partial charge is 0.482 e. The zero-order valence-corrected chi connectivity index (χ0v) is 66.8. The van der Waals surface area contributed by atoms with E-state index in [-0.39, 0.29) is 68.4 Å². The molecule has 0 unspecified atom stereocenters. The molecule has 0 saturated heterocycles. The van der Waals surface area contributed by atoms with Gasteiger partial charge in [-0.05, 0) is 188 Å². The molecular weight excluding hydrogens is 1640 g/mol. The molecule has 0 bridgehead atoms. The number of nitrogens with zero attached hydrogens (tertiary/aromatic N) is 12. The van der Waals surface area contributed by atoms with Gasteiger partial charge in [0.2, 0.25) is 5.88 Å². The first kappa shape index (κ1) is 81.9. The van der Waals surface area contributed by atoms with Gasteiger partial charge in [0.05, 0.1) is 77.2 Å². The van der Waals surface area contributed by atoms with Crippen molar-refractivity contribution in [1.29, 1.82) is 0 Å². The fraction of sp³-hybridized carbons (Fsp3) is 0.0562. The molecule has 0 saturated carbocycles. The number of anilines is 4. The molecule has 624 valence electrons. The normalized spacial score (nSPS) is 11.1. The van der Waals surface area contributed by atoms with Gasteiger partial charge in [-0.2, -0.15) is 30.6 Å². The van der Waals surface area contributed by atoms with Crippen LogP contribution in [0.3, 0.4) is 0 Å². The van der Waals surface area contributed by atoms with Crippen molar-refractivity contribution in [2.24, 2.45) is 21.1 Å². The van der Waals surface area contributed by atoms with Crippen LogP contribution in [0.5, 0.6) is 40.4 Å². The van der Waals surface area contributed by atoms with Crippen LogP contribution < -0.4 is 57.3 Å². The molecule has 3 amide bonds. The molecule has 0 aliphatic heterocycles. The van der Waals surface area contributed by atoms with E-state index in [1.54, 1.807) is 100 Å². The van der Waals surface area contributed by atoms with Crippen LogP contribution in [0.2, 0.25) is 0 Å². The fourth-order valence-corrected chi connectivity index (χ4v) is 14.1. The van der Waals surface area contributed by atoms with Crippen LogP contribution >= 0.6 is 11.8 Å². The number of thioether (sulfide) groups is 1. The Hall–Kier alpha value is -16.8. The standard InChI is InChI=1S/C30H22F2N6O4.C30H22F2N6O3S.C29H21F2N7O3/c1-37-25-13-23(18-14-33-34-15-18)27(11-17(25)16-35-37)42-26-9-5-20(12-24(26)32)36-29(39)22-8-10-28(41-2)38(30(22)40)21-6-3-19(31)4-7-21;1-37-25-13-23(18-14-33-34-15-18)27(11-17(25)16-35-37)41-26-9-5-20(12-24(26)32)36-29(39)22-8-10-28(42-2)38(30(22)40)21-6-3-19(31)4-7-21;1-37-24-12-22(17-13-33-34-14-17)26(10-16(24)15-35-37)41-25-8-4-19(11-23(25)31)36-28(39)21-7-9-27(32)38(29(21)40)20-5-2-18(30)3-6-20/h2*3-16H,1-2H3,(H,33,34)(H,36,39);2-15H,32H2,1H3,(H,33,34)(H,36,39). The van der Waals surface area contributed by atoms with Gasteiger partial charge in [-0.3, -0.25) is 67.2 Å². The summed E-state index contributed by atoms with van der Waals surface area (Å²) >= 11 is 1.30. The summed E-state index contributed by atoms with van der Waals surface area (Å²) in [5.74, 6) is -4.75. The molecule has 8 N–H and O–H groups in total. The van der Waals surface area contributed by atoms with Gasteiger partial charge < -0.3 is 40.6 Å². The number of pyridine rings is 3. The van der Waals surface area contributed by atoms with E-state index in [4.69, 9.17) is 24.7 Å². The number of nitrogens with two attached hydrogens (primary N) is 1. The lowest BCUT2D eigenvalue weighted by atomic mass is 10.1. The van der Waals surface area contributed by atoms with Crippen molar-refractivity contribution >= 4 is 85.1 Å². The van der Waals surface area contributed by atoms with E-state index >= 15 is 13.2 Å². The van der Waals surface area contributed by atoms with Crippen LogP contribution in [0.4, 0.5) is 49.2 Å². The first-order chi connectivity index (χ1) is 60.4. The maximum Gasteiger partial charge on any atom is 0.270 e. The Kier molecular flexibility index (Phi) is 22.9. The summed E-state index contributed by atoms with van der Waals surface area (Å²) in [6.07, 6.45) is 16.8. The number of aryl methyl sites for hydroxylation is 3. The fourth-order valence-electron chi connectivity index (χ4n) is 13.6. The minimum Gasteiger partial charge on any atom is -0.482 e. The third-order valence-corrected chi connectivity index (χ3v) is 20.5. The van der Waals surface area contributed by atoms with E-state index in [9.17, 15) is 41.9 Å². The van der Waals surface area contributed by atoms with Crippen molar-refractivity contribution in [2.75, 3.05) is 35.0 Å². The Morgan fingerprint density at radius 3 is 1.05 bits per heavy atom. The number of halogens is 6. The van der Waals surface area contributed by atoms with Gasteiger partial charge in [0.15, 0.2) is 34.7 Å². The molecule has 0 fully saturated rings. The molecule has 9 aromatic heterocycles. The zero-order valence-electron chi connectivity index (χ0n) is 66.0. The molecule has 0 atom stereocenters. The van der Waals surface area contributed by atoms with Crippen LogP contribution in [0.25, 0.3) is 83.2 Å². The minimum absolute atomic E-state index is 0.0602. The smallest absolute Gasteiger partial charge is 0.270 e. The third-order valence-electron chi connectivity index (χ3n) is 19.8. The molecule has 125 heavy (non-hydrogen) atoms. The predicted molar refractivity (Wildman–Crippen MR) is 457 cm³/mol. The summed E-state index contributed by atoms with van der Waals surface area (Å²) in [7, 11) is 6.83. The first-order valence-corrected chi connectivity index (χ1v) is 38.8. The summed E-state index contributed by atoms with van der Waals surface area (Å²) in [6, 6.07) is 46.8. The SMILES string of the molecule is COc1ccc(C(=O)Nc2ccc(Oc3cc4cnn(C)c4cc3-c3cn[nH]c3)c(F)c2)c(=O)n1-c1ccc(F)cc1.CSc1ccc(C(=O)Nc2ccc(Oc3cc4cnn(C)c4cc3-c3cn[nH]c3)c(F)c2)c(=O)n1-c1ccc(F)cc1.Cn1ncc2cc(Oc3ccc(NC(=O)c4ccc(N)n(-c5ccc(F)cc5)c4=O)cc3F)c(-c3cn[nH]c3)cc21. The van der Waals surface area contributed by atoms with Crippen molar-refractivity contribution in [2.45, 2.75) is 5.03 Å². The van der Waals surface area contributed by atoms with Gasteiger partial charge in [0, 0.05) is 130 Å². The monoisotopic (exact) mass is 1710 g/mol. The second kappa shape index (κ2) is 34.9. The molecule has 0 aliphatic rings. The highest BCUT2D eigenvalue weighted by molar-refractivity contribution is 7.98. The van der Waals surface area contributed by atoms with Gasteiger partial charge in [-0.25, -0.2) is 30.9 Å². The van der Waals surface area contributed by atoms with Crippen LogP contribution in [-0.4, -0.2) is 105 Å². The van der Waals surface area contributed by atoms with Crippen molar-refractivity contribution in [3.05, 3.63) is 339 Å². The number of fused-ring (bicyclic) bond motifs is 3. The second-order valence-electron chi connectivity index (χ2n) is 27.7. The van der Waals surface area contributed by atoms with E-state index in [1.807, 2.05) is 39.3 Å². The lowest BCUT2D eigenvalue weighted by Gasteiger charge is -2.14. The Labute approximate surface area is 705 Å². The maximum absolute atomic E-state index is 15.3. The summed E-state index contributed by atoms with van der Waals surface area (Å²) < 4.78 is 118. The summed E-state index contributed by atoms with van der Waals surface area (Å²) in [6.45, 7) is 0. The van der Waals surface area contributed by atoms with E-state index in [2.05, 4.69) is 61.8 Å². The molecule has 0 aliphatic carbocycles. The number of carbonyl (C=O) groups is 3. The summed E-state index contributed by atoms with van der Waals surface area (Å²) in [4.78, 5) is 78.8. The molecule has 29 nitrogen and oxygen atoms in total. The number of methoxy groups -OCH3 is 1. The van der Waals surface area contributed by atoms with Gasteiger partial charge in [0.1, 0.15) is 57.2 Å². The lowest BCUT2D eigenvalue weighted by molar-refractivity contribution is 0.101. The number of aromatic nitrogens is 15. The number of amides is 3. The van der Waals surface area contributed by atoms with E-state index in [0.29, 0.717) is 50.3 Å². The Morgan fingerprint density at radius 2 is 0.712 bits per heavy atom. The van der Waals surface area contributed by atoms with Crippen LogP contribution in [-0.2, 0) is 21.1 Å². The van der Waals surface area contributed by atoms with Gasteiger partial charge in [-0.15, -0.1) is 11.8 Å². The van der Waals surface area contributed by atoms with Crippen LogP contribution in [0, 0.1) is 34.9 Å². The molecule has 0 spiro atoms. The van der Waals surface area contributed by atoms with Crippen molar-refractivity contribution in [3.8, 4) is 90.8 Å². The van der Waals surface area contributed by atoms with Gasteiger partial charge in [0.25, 0.3) is 34.4 Å². The Bertz CT molecular complexity index is 7070. The number of aromatic amines is 3. The number of carbonyl (C=O) groups excluding carboxylic acids is 3. The molecule has 18 rings (SSSR count). The number of nitrogens with one attached hydrogen (secondary N) is 6. The molecular formula is C89H65F6N19O10S. The molecule has 36 heteroatoms. The Morgan fingerprint density at radius 1 is 0.384 bits per heavy atom. The molecule has 18 aromatic rings. The number of ether oxygens (including phenoxy) is 4. The quantitative estimate of drug-likeness (QED) is 0.0275. The Balaban J connectivity index is 0.000000138. The minimum atomic E-state index is -0.775. The number of benzene rings is 9. The molecule has 0 radical (unpaired) electrons. The van der Waals surface area contributed by atoms with Crippen molar-refractivity contribution in [3.63, 3.8) is 0 Å². The average molecular weight is 1710 g/mol. The summed E-state index contributed by atoms with van der Waals surface area (Å²) in [5, 5.41) is 43.7. The highest BCUT2D eigenvalue weighted by Crippen LogP contribution is 2.42. The number of hydrogen-bond donors (Lipinski definition) is 7. The molecule has 9 aromatic carbocycles. The van der Waals surface area contributed by atoms with E-state index in [1.165, 1.54) is 163 Å².